The molecule has 0 bridgehead atoms. The smallest absolute Gasteiger partial charge is 0.244 e. The number of hydrogen-bond donors (Lipinski definition) is 1. The predicted octanol–water partition coefficient (Wildman–Crippen LogP) is 4.94. The molecule has 7 nitrogen and oxygen atoms in total. The molecule has 0 spiro atoms. The number of nitrogens with one attached hydrogen (secondary N) is 1. The lowest BCUT2D eigenvalue weighted by Gasteiger charge is -2.33. The first-order valence-electron chi connectivity index (χ1n) is 13.0. The quantitative estimate of drug-likeness (QED) is 0.296. The van der Waals surface area contributed by atoms with Gasteiger partial charge >= 0.3 is 0 Å². The van der Waals surface area contributed by atoms with Crippen LogP contribution < -0.4 is 9.62 Å². The van der Waals surface area contributed by atoms with E-state index in [0.717, 1.165) is 44.6 Å². The van der Waals surface area contributed by atoms with Crippen LogP contribution in [0.1, 0.15) is 37.0 Å². The van der Waals surface area contributed by atoms with Crippen LogP contribution in [0.4, 0.5) is 5.69 Å². The third-order valence-electron chi connectivity index (χ3n) is 6.37. The Balaban J connectivity index is 2.03. The minimum atomic E-state index is -3.79. The van der Waals surface area contributed by atoms with E-state index in [1.165, 1.54) is 4.90 Å². The second-order valence-corrected chi connectivity index (χ2v) is 12.3. The zero-order valence-electron chi connectivity index (χ0n) is 22.6. The molecule has 2 amide bonds. The van der Waals surface area contributed by atoms with Crippen molar-refractivity contribution in [2.45, 2.75) is 45.7 Å². The molecule has 39 heavy (non-hydrogen) atoms. The monoisotopic (exact) mass is 613 g/mol. The number of hydrogen-bond acceptors (Lipinski definition) is 4. The molecular weight excluding hydrogens is 578 g/mol. The maximum Gasteiger partial charge on any atom is 0.244 e. The maximum atomic E-state index is 14.0. The normalized spacial score (nSPS) is 12.0. The van der Waals surface area contributed by atoms with Gasteiger partial charge in [-0.2, -0.15) is 0 Å². The molecular formula is C30H36BrN3O4S. The predicted molar refractivity (Wildman–Crippen MR) is 160 cm³/mol. The van der Waals surface area contributed by atoms with Crippen LogP contribution in [0.3, 0.4) is 0 Å². The Hall–Kier alpha value is -3.17. The van der Waals surface area contributed by atoms with Crippen molar-refractivity contribution < 1.29 is 18.0 Å². The van der Waals surface area contributed by atoms with E-state index in [-0.39, 0.29) is 12.5 Å². The number of aryl methyl sites for hydroxylation is 1. The largest absolute Gasteiger partial charge is 0.354 e. The van der Waals surface area contributed by atoms with Gasteiger partial charge in [-0.05, 0) is 53.8 Å². The van der Waals surface area contributed by atoms with Gasteiger partial charge in [-0.25, -0.2) is 8.42 Å². The summed E-state index contributed by atoms with van der Waals surface area (Å²) < 4.78 is 27.7. The van der Waals surface area contributed by atoms with Crippen LogP contribution in [0.5, 0.6) is 0 Å². The van der Waals surface area contributed by atoms with Crippen LogP contribution in [0.15, 0.2) is 83.3 Å². The highest BCUT2D eigenvalue weighted by molar-refractivity contribution is 9.10. The molecule has 1 N–H and O–H groups in total. The summed E-state index contributed by atoms with van der Waals surface area (Å²) in [6.07, 6.45) is 2.94. The molecule has 0 aliphatic rings. The van der Waals surface area contributed by atoms with Crippen molar-refractivity contribution in [1.29, 1.82) is 0 Å². The molecule has 0 aliphatic heterocycles. The lowest BCUT2D eigenvalue weighted by atomic mass is 10.0. The minimum Gasteiger partial charge on any atom is -0.354 e. The van der Waals surface area contributed by atoms with Gasteiger partial charge in [0.25, 0.3) is 0 Å². The maximum absolute atomic E-state index is 14.0. The first-order chi connectivity index (χ1) is 18.6. The van der Waals surface area contributed by atoms with Crippen molar-refractivity contribution in [2.24, 2.45) is 0 Å². The van der Waals surface area contributed by atoms with Crippen LogP contribution in [-0.4, -0.2) is 50.5 Å². The lowest BCUT2D eigenvalue weighted by molar-refractivity contribution is -0.140. The first kappa shape index (κ1) is 30.4. The van der Waals surface area contributed by atoms with Gasteiger partial charge in [-0.1, -0.05) is 84.4 Å². The summed E-state index contributed by atoms with van der Waals surface area (Å²) in [5.74, 6) is -0.741. The number of anilines is 1. The molecule has 0 fully saturated rings. The summed E-state index contributed by atoms with van der Waals surface area (Å²) in [5, 5.41) is 2.94. The summed E-state index contributed by atoms with van der Waals surface area (Å²) in [6.45, 7) is 4.17. The van der Waals surface area contributed by atoms with Gasteiger partial charge in [0.2, 0.25) is 21.8 Å². The summed E-state index contributed by atoms with van der Waals surface area (Å²) in [7, 11) is -3.79. The Morgan fingerprint density at radius 1 is 0.897 bits per heavy atom. The molecule has 3 aromatic rings. The molecule has 0 saturated carbocycles. The highest BCUT2D eigenvalue weighted by atomic mass is 79.9. The molecule has 9 heteroatoms. The van der Waals surface area contributed by atoms with Gasteiger partial charge in [0.05, 0.1) is 11.9 Å². The van der Waals surface area contributed by atoms with Crippen molar-refractivity contribution in [3.63, 3.8) is 0 Å². The Labute approximate surface area is 240 Å². The zero-order chi connectivity index (χ0) is 28.4. The molecule has 3 rings (SSSR count). The Bertz CT molecular complexity index is 1350. The number of nitrogens with zero attached hydrogens (tertiary/aromatic N) is 2. The van der Waals surface area contributed by atoms with E-state index in [4.69, 9.17) is 0 Å². The standard InChI is InChI=1S/C30H36BrN3O4S/c1-4-18-32-30(36)28(20-24-10-7-6-8-11-24)33(21-25-12-9-13-26(31)19-25)29(35)22-34(39(3,37)38)27-16-14-23(5-2)15-17-27/h6-17,19,28H,4-5,18,20-22H2,1-3H3,(H,32,36)/t28-/m0/s1. The van der Waals surface area contributed by atoms with Gasteiger partial charge in [-0.3, -0.25) is 13.9 Å². The average Bonchev–Trinajstić information content (AvgIpc) is 2.92. The number of amides is 2. The summed E-state index contributed by atoms with van der Waals surface area (Å²) >= 11 is 3.48. The van der Waals surface area contributed by atoms with Crippen molar-refractivity contribution in [3.8, 4) is 0 Å². The van der Waals surface area contributed by atoms with Crippen LogP contribution in [0, 0.1) is 0 Å². The van der Waals surface area contributed by atoms with E-state index in [2.05, 4.69) is 21.2 Å². The lowest BCUT2D eigenvalue weighted by Crippen LogP contribution is -2.53. The Morgan fingerprint density at radius 3 is 2.15 bits per heavy atom. The van der Waals surface area contributed by atoms with Crippen LogP contribution in [-0.2, 0) is 39.0 Å². The fourth-order valence-electron chi connectivity index (χ4n) is 4.26. The third-order valence-corrected chi connectivity index (χ3v) is 8.01. The summed E-state index contributed by atoms with van der Waals surface area (Å²) in [6, 6.07) is 23.3. The van der Waals surface area contributed by atoms with Crippen molar-refractivity contribution in [1.82, 2.24) is 10.2 Å². The molecule has 0 radical (unpaired) electrons. The Kier molecular flexibility index (Phi) is 11.1. The van der Waals surface area contributed by atoms with E-state index >= 15 is 0 Å². The van der Waals surface area contributed by atoms with Crippen molar-refractivity contribution in [3.05, 3.63) is 100 Å². The van der Waals surface area contributed by atoms with Gasteiger partial charge in [0.15, 0.2) is 0 Å². The van der Waals surface area contributed by atoms with Crippen molar-refractivity contribution >= 4 is 43.5 Å². The highest BCUT2D eigenvalue weighted by Gasteiger charge is 2.33. The first-order valence-corrected chi connectivity index (χ1v) is 15.7. The molecule has 0 unspecified atom stereocenters. The van der Waals surface area contributed by atoms with Gasteiger partial charge in [-0.15, -0.1) is 0 Å². The fourth-order valence-corrected chi connectivity index (χ4v) is 5.56. The highest BCUT2D eigenvalue weighted by Crippen LogP contribution is 2.22. The SMILES string of the molecule is CCCNC(=O)[C@H](Cc1ccccc1)N(Cc1cccc(Br)c1)C(=O)CN(c1ccc(CC)cc1)S(C)(=O)=O. The van der Waals surface area contributed by atoms with E-state index in [0.29, 0.717) is 18.7 Å². The molecule has 3 aromatic carbocycles. The number of carbonyl (C=O) groups is 2. The average molecular weight is 615 g/mol. The topological polar surface area (TPSA) is 86.8 Å². The molecule has 208 valence electrons. The molecule has 0 aliphatic carbocycles. The molecule has 0 heterocycles. The van der Waals surface area contributed by atoms with Gasteiger partial charge < -0.3 is 10.2 Å². The van der Waals surface area contributed by atoms with Crippen LogP contribution in [0.2, 0.25) is 0 Å². The fraction of sp³-hybridized carbons (Fsp3) is 0.333. The van der Waals surface area contributed by atoms with Crippen LogP contribution >= 0.6 is 15.9 Å². The summed E-state index contributed by atoms with van der Waals surface area (Å²) in [5.41, 5.74) is 3.18. The van der Waals surface area contributed by atoms with Crippen molar-refractivity contribution in [2.75, 3.05) is 23.7 Å². The van der Waals surface area contributed by atoms with E-state index in [1.54, 1.807) is 12.1 Å². The molecule has 1 atom stereocenters. The zero-order valence-corrected chi connectivity index (χ0v) is 25.0. The minimum absolute atomic E-state index is 0.141. The number of halogens is 1. The second-order valence-electron chi connectivity index (χ2n) is 9.44. The second kappa shape index (κ2) is 14.3. The molecule has 0 saturated heterocycles. The van der Waals surface area contributed by atoms with E-state index in [9.17, 15) is 18.0 Å². The van der Waals surface area contributed by atoms with E-state index < -0.39 is 28.5 Å². The Morgan fingerprint density at radius 2 is 1.56 bits per heavy atom. The third kappa shape index (κ3) is 8.93. The summed E-state index contributed by atoms with van der Waals surface area (Å²) in [4.78, 5) is 29.0. The van der Waals surface area contributed by atoms with Gasteiger partial charge in [0.1, 0.15) is 12.6 Å². The number of carbonyl (C=O) groups excluding carboxylic acids is 2. The number of rotatable bonds is 13. The molecule has 0 aromatic heterocycles. The number of benzene rings is 3. The number of sulfonamides is 1. The van der Waals surface area contributed by atoms with E-state index in [1.807, 2.05) is 80.6 Å². The van der Waals surface area contributed by atoms with Gasteiger partial charge in [0, 0.05) is 24.0 Å². The van der Waals surface area contributed by atoms with Crippen LogP contribution in [0.25, 0.3) is 0 Å².